The van der Waals surface area contributed by atoms with Crippen LogP contribution in [0.1, 0.15) is 25.7 Å². The van der Waals surface area contributed by atoms with Crippen molar-refractivity contribution in [1.82, 2.24) is 0 Å². The number of ether oxygens (including phenoxy) is 1. The summed E-state index contributed by atoms with van der Waals surface area (Å²) in [7, 11) is 0. The SMILES string of the molecule is O=C(C=CC1CCCCC(=O)O1)OO. The molecule has 78 valence electrons. The average molecular weight is 200 g/mol. The Bertz CT molecular complexity index is 246. The first-order valence-electron chi connectivity index (χ1n) is 4.45. The van der Waals surface area contributed by atoms with Gasteiger partial charge < -0.3 is 4.74 Å². The topological polar surface area (TPSA) is 72.8 Å². The molecule has 0 aromatic heterocycles. The lowest BCUT2D eigenvalue weighted by atomic mass is 10.1. The molecule has 1 rings (SSSR count). The molecule has 0 amide bonds. The Hall–Kier alpha value is -1.36. The molecule has 14 heavy (non-hydrogen) atoms. The van der Waals surface area contributed by atoms with Crippen LogP contribution in [0.25, 0.3) is 0 Å². The third kappa shape index (κ3) is 3.57. The first-order chi connectivity index (χ1) is 6.72. The highest BCUT2D eigenvalue weighted by atomic mass is 17.1. The van der Waals surface area contributed by atoms with Gasteiger partial charge in [0, 0.05) is 12.5 Å². The molecule has 1 N–H and O–H groups in total. The Morgan fingerprint density at radius 3 is 3.07 bits per heavy atom. The summed E-state index contributed by atoms with van der Waals surface area (Å²) < 4.78 is 4.99. The second-order valence-electron chi connectivity index (χ2n) is 3.04. The van der Waals surface area contributed by atoms with Crippen molar-refractivity contribution in [3.8, 4) is 0 Å². The van der Waals surface area contributed by atoms with Crippen LogP contribution in [0.2, 0.25) is 0 Å². The number of carbonyl (C=O) groups excluding carboxylic acids is 2. The van der Waals surface area contributed by atoms with Crippen LogP contribution in [0.4, 0.5) is 0 Å². The van der Waals surface area contributed by atoms with E-state index >= 15 is 0 Å². The molecular weight excluding hydrogens is 188 g/mol. The zero-order valence-electron chi connectivity index (χ0n) is 7.64. The van der Waals surface area contributed by atoms with Crippen molar-refractivity contribution < 1.29 is 24.5 Å². The van der Waals surface area contributed by atoms with E-state index in [1.165, 1.54) is 6.08 Å². The largest absolute Gasteiger partial charge is 0.458 e. The summed E-state index contributed by atoms with van der Waals surface area (Å²) in [5.74, 6) is -1.13. The molecule has 1 heterocycles. The van der Waals surface area contributed by atoms with Gasteiger partial charge in [-0.1, -0.05) is 0 Å². The average Bonchev–Trinajstić information content (AvgIpc) is 2.39. The maximum Gasteiger partial charge on any atom is 0.365 e. The smallest absolute Gasteiger partial charge is 0.365 e. The van der Waals surface area contributed by atoms with E-state index in [1.54, 1.807) is 0 Å². The summed E-state index contributed by atoms with van der Waals surface area (Å²) in [5, 5.41) is 7.96. The highest BCUT2D eigenvalue weighted by Crippen LogP contribution is 2.14. The molecule has 0 aromatic rings. The van der Waals surface area contributed by atoms with Gasteiger partial charge in [-0.2, -0.15) is 5.26 Å². The van der Waals surface area contributed by atoms with Crippen LogP contribution in [0.3, 0.4) is 0 Å². The second kappa shape index (κ2) is 5.39. The van der Waals surface area contributed by atoms with Gasteiger partial charge in [0.15, 0.2) is 0 Å². The maximum atomic E-state index is 11.0. The molecule has 1 saturated heterocycles. The van der Waals surface area contributed by atoms with Gasteiger partial charge in [-0.05, 0) is 25.3 Å². The monoisotopic (exact) mass is 200 g/mol. The summed E-state index contributed by atoms with van der Waals surface area (Å²) in [4.78, 5) is 24.9. The molecule has 1 aliphatic rings. The van der Waals surface area contributed by atoms with E-state index in [2.05, 4.69) is 4.89 Å². The highest BCUT2D eigenvalue weighted by molar-refractivity contribution is 5.81. The lowest BCUT2D eigenvalue weighted by Gasteiger charge is -2.08. The zero-order valence-corrected chi connectivity index (χ0v) is 7.64. The molecule has 1 aliphatic heterocycles. The number of hydrogen-bond donors (Lipinski definition) is 1. The Balaban J connectivity index is 2.46. The summed E-state index contributed by atoms with van der Waals surface area (Å²) in [6.45, 7) is 0. The standard InChI is InChI=1S/C9H12O5/c10-8-4-2-1-3-7(13-8)5-6-9(11)14-12/h5-7,12H,1-4H2. The predicted octanol–water partition coefficient (Wildman–Crippen LogP) is 1.04. The van der Waals surface area contributed by atoms with Crippen molar-refractivity contribution in [2.75, 3.05) is 0 Å². The van der Waals surface area contributed by atoms with Gasteiger partial charge in [-0.15, -0.1) is 0 Å². The number of carbonyl (C=O) groups is 2. The van der Waals surface area contributed by atoms with Gasteiger partial charge in [0.1, 0.15) is 6.10 Å². The van der Waals surface area contributed by atoms with Gasteiger partial charge in [0.05, 0.1) is 0 Å². The van der Waals surface area contributed by atoms with Gasteiger partial charge in [-0.25, -0.2) is 4.79 Å². The van der Waals surface area contributed by atoms with Gasteiger partial charge >= 0.3 is 11.9 Å². The van der Waals surface area contributed by atoms with E-state index in [-0.39, 0.29) is 12.1 Å². The molecular formula is C9H12O5. The minimum atomic E-state index is -0.870. The lowest BCUT2D eigenvalue weighted by molar-refractivity contribution is -0.228. The molecule has 5 heteroatoms. The molecule has 0 radical (unpaired) electrons. The normalized spacial score (nSPS) is 22.9. The minimum absolute atomic E-state index is 0.255. The highest BCUT2D eigenvalue weighted by Gasteiger charge is 2.15. The van der Waals surface area contributed by atoms with Gasteiger partial charge in [-0.3, -0.25) is 9.68 Å². The Labute approximate surface area is 81.2 Å². The van der Waals surface area contributed by atoms with Gasteiger partial charge in [0.2, 0.25) is 0 Å². The van der Waals surface area contributed by atoms with Crippen molar-refractivity contribution in [1.29, 1.82) is 0 Å². The molecule has 0 saturated carbocycles. The van der Waals surface area contributed by atoms with Gasteiger partial charge in [0.25, 0.3) is 0 Å². The number of rotatable bonds is 2. The molecule has 1 unspecified atom stereocenters. The van der Waals surface area contributed by atoms with Crippen LogP contribution in [0.5, 0.6) is 0 Å². The predicted molar refractivity (Wildman–Crippen MR) is 46.2 cm³/mol. The molecule has 5 nitrogen and oxygen atoms in total. The van der Waals surface area contributed by atoms with Crippen LogP contribution >= 0.6 is 0 Å². The van der Waals surface area contributed by atoms with Crippen molar-refractivity contribution in [3.63, 3.8) is 0 Å². The number of hydrogen-bond acceptors (Lipinski definition) is 5. The molecule has 0 spiro atoms. The number of esters is 1. The first-order valence-corrected chi connectivity index (χ1v) is 4.45. The fourth-order valence-corrected chi connectivity index (χ4v) is 1.25. The Kier molecular flexibility index (Phi) is 4.12. The van der Waals surface area contributed by atoms with Crippen LogP contribution < -0.4 is 0 Å². The van der Waals surface area contributed by atoms with Crippen LogP contribution in [0.15, 0.2) is 12.2 Å². The fourth-order valence-electron chi connectivity index (χ4n) is 1.25. The van der Waals surface area contributed by atoms with Crippen LogP contribution in [-0.2, 0) is 19.2 Å². The zero-order chi connectivity index (χ0) is 10.4. The summed E-state index contributed by atoms with van der Waals surface area (Å²) in [5.41, 5.74) is 0. The molecule has 0 aromatic carbocycles. The van der Waals surface area contributed by atoms with Crippen molar-refractivity contribution in [3.05, 3.63) is 12.2 Å². The minimum Gasteiger partial charge on any atom is -0.458 e. The van der Waals surface area contributed by atoms with Crippen molar-refractivity contribution in [2.24, 2.45) is 0 Å². The summed E-state index contributed by atoms with van der Waals surface area (Å²) in [6.07, 6.45) is 4.90. The van der Waals surface area contributed by atoms with E-state index in [0.717, 1.165) is 18.9 Å². The second-order valence-corrected chi connectivity index (χ2v) is 3.04. The van der Waals surface area contributed by atoms with Crippen molar-refractivity contribution in [2.45, 2.75) is 31.8 Å². The molecule has 0 bridgehead atoms. The van der Waals surface area contributed by atoms with E-state index in [4.69, 9.17) is 9.99 Å². The quantitative estimate of drug-likeness (QED) is 0.312. The molecule has 1 fully saturated rings. The molecule has 1 atom stereocenters. The lowest BCUT2D eigenvalue weighted by Crippen LogP contribution is -2.13. The van der Waals surface area contributed by atoms with E-state index in [9.17, 15) is 9.59 Å². The third-order valence-corrected chi connectivity index (χ3v) is 1.94. The van der Waals surface area contributed by atoms with Crippen LogP contribution in [-0.4, -0.2) is 23.3 Å². The third-order valence-electron chi connectivity index (χ3n) is 1.94. The maximum absolute atomic E-state index is 11.0. The Morgan fingerprint density at radius 2 is 2.36 bits per heavy atom. The Morgan fingerprint density at radius 1 is 1.57 bits per heavy atom. The van der Waals surface area contributed by atoms with Crippen molar-refractivity contribution >= 4 is 11.9 Å². The first kappa shape index (κ1) is 10.7. The van der Waals surface area contributed by atoms with E-state index < -0.39 is 5.97 Å². The summed E-state index contributed by atoms with van der Waals surface area (Å²) >= 11 is 0. The fraction of sp³-hybridized carbons (Fsp3) is 0.556. The molecule has 0 aliphatic carbocycles. The summed E-state index contributed by atoms with van der Waals surface area (Å²) in [6, 6.07) is 0. The van der Waals surface area contributed by atoms with E-state index in [1.807, 2.05) is 0 Å². The number of cyclic esters (lactones) is 1. The van der Waals surface area contributed by atoms with E-state index in [0.29, 0.717) is 12.8 Å². The van der Waals surface area contributed by atoms with Crippen LogP contribution in [0, 0.1) is 0 Å².